The number of carbonyl (C=O) groups is 1. The molecule has 6 heteroatoms. The molecule has 1 aromatic carbocycles. The molecular formula is C22H26FN3O2. The summed E-state index contributed by atoms with van der Waals surface area (Å²) in [6.45, 7) is 0.430. The van der Waals surface area contributed by atoms with Gasteiger partial charge in [-0.2, -0.15) is 0 Å². The van der Waals surface area contributed by atoms with Gasteiger partial charge < -0.3 is 15.8 Å². The molecule has 5 nitrogen and oxygen atoms in total. The van der Waals surface area contributed by atoms with Gasteiger partial charge in [0.2, 0.25) is 11.8 Å². The number of nitrogens with one attached hydrogen (secondary N) is 1. The highest BCUT2D eigenvalue weighted by Crippen LogP contribution is 2.41. The molecule has 2 unspecified atom stereocenters. The number of pyridine rings is 1. The number of carbonyl (C=O) groups excluding carboxylic acids is 1. The summed E-state index contributed by atoms with van der Waals surface area (Å²) in [4.78, 5) is 16.9. The Labute approximate surface area is 164 Å². The van der Waals surface area contributed by atoms with Crippen molar-refractivity contribution in [3.63, 3.8) is 0 Å². The third kappa shape index (κ3) is 4.33. The van der Waals surface area contributed by atoms with E-state index in [1.807, 2.05) is 6.07 Å². The summed E-state index contributed by atoms with van der Waals surface area (Å²) in [7, 11) is 0. The number of nitrogens with two attached hydrogens (primary N) is 1. The number of fused-ring (bicyclic) bond motifs is 2. The zero-order valence-corrected chi connectivity index (χ0v) is 15.8. The van der Waals surface area contributed by atoms with Crippen molar-refractivity contribution in [1.29, 1.82) is 0 Å². The second-order valence-corrected chi connectivity index (χ2v) is 7.97. The van der Waals surface area contributed by atoms with Crippen LogP contribution in [-0.4, -0.2) is 16.9 Å². The van der Waals surface area contributed by atoms with Crippen molar-refractivity contribution in [3.8, 4) is 11.6 Å². The molecule has 2 bridgehead atoms. The lowest BCUT2D eigenvalue weighted by Crippen LogP contribution is -2.49. The lowest BCUT2D eigenvalue weighted by molar-refractivity contribution is -0.128. The van der Waals surface area contributed by atoms with Crippen molar-refractivity contribution >= 4 is 5.91 Å². The van der Waals surface area contributed by atoms with Crippen LogP contribution in [0.3, 0.4) is 0 Å². The number of hydrogen-bond acceptors (Lipinski definition) is 4. The number of benzene rings is 1. The maximum atomic E-state index is 13.0. The van der Waals surface area contributed by atoms with Crippen LogP contribution in [0, 0.1) is 23.6 Å². The summed E-state index contributed by atoms with van der Waals surface area (Å²) >= 11 is 0. The van der Waals surface area contributed by atoms with E-state index in [0.717, 1.165) is 31.2 Å². The van der Waals surface area contributed by atoms with Gasteiger partial charge in [0.1, 0.15) is 11.6 Å². The average molecular weight is 383 g/mol. The number of ether oxygens (including phenoxy) is 1. The zero-order valence-electron chi connectivity index (χ0n) is 15.8. The van der Waals surface area contributed by atoms with Crippen LogP contribution < -0.4 is 15.8 Å². The third-order valence-corrected chi connectivity index (χ3v) is 6.09. The highest BCUT2D eigenvalue weighted by Gasteiger charge is 2.40. The maximum Gasteiger partial charge on any atom is 0.223 e. The summed E-state index contributed by atoms with van der Waals surface area (Å²) in [5, 5.41) is 3.06. The third-order valence-electron chi connectivity index (χ3n) is 6.09. The topological polar surface area (TPSA) is 77.2 Å². The number of halogens is 1. The minimum Gasteiger partial charge on any atom is -0.439 e. The molecule has 0 radical (unpaired) electrons. The van der Waals surface area contributed by atoms with Gasteiger partial charge in [-0.1, -0.05) is 6.42 Å². The SMILES string of the molecule is NC1C2CCCC1CC(C(=O)NCc1ccnc(Oc3ccc(F)cc3)c1)C2. The molecule has 28 heavy (non-hydrogen) atoms. The predicted molar refractivity (Wildman–Crippen MR) is 104 cm³/mol. The van der Waals surface area contributed by atoms with E-state index in [0.29, 0.717) is 30.0 Å². The van der Waals surface area contributed by atoms with Crippen molar-refractivity contribution in [3.05, 3.63) is 54.0 Å². The van der Waals surface area contributed by atoms with Crippen molar-refractivity contribution < 1.29 is 13.9 Å². The molecule has 2 atom stereocenters. The Kier molecular flexibility index (Phi) is 5.57. The molecule has 1 amide bonds. The van der Waals surface area contributed by atoms with Crippen molar-refractivity contribution in [2.75, 3.05) is 0 Å². The monoisotopic (exact) mass is 383 g/mol. The van der Waals surface area contributed by atoms with Crippen LogP contribution in [0.15, 0.2) is 42.6 Å². The standard InChI is InChI=1S/C22H26FN3O2/c23-18-4-6-19(7-5-18)28-20-10-14(8-9-25-20)13-26-22(27)17-11-15-2-1-3-16(12-17)21(15)24/h4-10,15-17,21H,1-3,11-13,24H2,(H,26,27). The predicted octanol–water partition coefficient (Wildman–Crippen LogP) is 3.78. The van der Waals surface area contributed by atoms with E-state index in [4.69, 9.17) is 10.5 Å². The molecule has 4 rings (SSSR count). The molecule has 1 aromatic heterocycles. The molecule has 1 heterocycles. The van der Waals surface area contributed by atoms with Gasteiger partial charge in [0.25, 0.3) is 0 Å². The Bertz CT molecular complexity index is 813. The fourth-order valence-corrected chi connectivity index (χ4v) is 4.58. The van der Waals surface area contributed by atoms with E-state index in [9.17, 15) is 9.18 Å². The first-order valence-electron chi connectivity index (χ1n) is 10.00. The number of hydrogen-bond donors (Lipinski definition) is 2. The van der Waals surface area contributed by atoms with Crippen LogP contribution in [0.1, 0.15) is 37.7 Å². The molecule has 148 valence electrons. The second-order valence-electron chi connectivity index (χ2n) is 7.97. The minimum atomic E-state index is -0.315. The lowest BCUT2D eigenvalue weighted by Gasteiger charge is -2.43. The summed E-state index contributed by atoms with van der Waals surface area (Å²) in [6, 6.07) is 9.68. The van der Waals surface area contributed by atoms with E-state index in [1.54, 1.807) is 24.4 Å². The van der Waals surface area contributed by atoms with Crippen molar-refractivity contribution in [2.24, 2.45) is 23.5 Å². The lowest BCUT2D eigenvalue weighted by atomic mass is 9.65. The Balaban J connectivity index is 1.33. The average Bonchev–Trinajstić information content (AvgIpc) is 2.68. The highest BCUT2D eigenvalue weighted by molar-refractivity contribution is 5.78. The van der Waals surface area contributed by atoms with Crippen LogP contribution in [-0.2, 0) is 11.3 Å². The first-order valence-corrected chi connectivity index (χ1v) is 10.00. The fourth-order valence-electron chi connectivity index (χ4n) is 4.58. The summed E-state index contributed by atoms with van der Waals surface area (Å²) in [5.41, 5.74) is 7.24. The molecule has 2 saturated carbocycles. The van der Waals surface area contributed by atoms with Crippen LogP contribution in [0.5, 0.6) is 11.6 Å². The number of nitrogens with zero attached hydrogens (tertiary/aromatic N) is 1. The fraction of sp³-hybridized carbons (Fsp3) is 0.455. The van der Waals surface area contributed by atoms with Gasteiger partial charge in [-0.05, 0) is 73.4 Å². The van der Waals surface area contributed by atoms with Crippen molar-refractivity contribution in [2.45, 2.75) is 44.7 Å². The molecule has 3 N–H and O–H groups in total. The zero-order chi connectivity index (χ0) is 19.5. The summed E-state index contributed by atoms with van der Waals surface area (Å²) in [5.74, 6) is 1.76. The number of rotatable bonds is 5. The van der Waals surface area contributed by atoms with E-state index < -0.39 is 0 Å². The van der Waals surface area contributed by atoms with Gasteiger partial charge in [-0.3, -0.25) is 4.79 Å². The highest BCUT2D eigenvalue weighted by atomic mass is 19.1. The van der Waals surface area contributed by atoms with Gasteiger partial charge in [-0.15, -0.1) is 0 Å². The minimum absolute atomic E-state index is 0.0619. The van der Waals surface area contributed by atoms with E-state index in [1.165, 1.54) is 18.6 Å². The molecule has 2 aromatic rings. The molecule has 0 saturated heterocycles. The largest absolute Gasteiger partial charge is 0.439 e. The first kappa shape index (κ1) is 18.9. The smallest absolute Gasteiger partial charge is 0.223 e. The van der Waals surface area contributed by atoms with E-state index in [2.05, 4.69) is 10.3 Å². The van der Waals surface area contributed by atoms with Crippen LogP contribution in [0.25, 0.3) is 0 Å². The normalized spacial score (nSPS) is 26.5. The van der Waals surface area contributed by atoms with Gasteiger partial charge >= 0.3 is 0 Å². The van der Waals surface area contributed by atoms with E-state index in [-0.39, 0.29) is 23.7 Å². The van der Waals surface area contributed by atoms with Crippen LogP contribution >= 0.6 is 0 Å². The Morgan fingerprint density at radius 1 is 1.18 bits per heavy atom. The van der Waals surface area contributed by atoms with Crippen molar-refractivity contribution in [1.82, 2.24) is 10.3 Å². The van der Waals surface area contributed by atoms with Gasteiger partial charge in [0.15, 0.2) is 0 Å². The Hall–Kier alpha value is -2.47. The van der Waals surface area contributed by atoms with Gasteiger partial charge in [0.05, 0.1) is 0 Å². The Morgan fingerprint density at radius 2 is 1.89 bits per heavy atom. The van der Waals surface area contributed by atoms with Gasteiger partial charge in [-0.25, -0.2) is 9.37 Å². The van der Waals surface area contributed by atoms with Gasteiger partial charge in [0, 0.05) is 30.8 Å². The Morgan fingerprint density at radius 3 is 2.61 bits per heavy atom. The number of amides is 1. The maximum absolute atomic E-state index is 13.0. The van der Waals surface area contributed by atoms with E-state index >= 15 is 0 Å². The first-order chi connectivity index (χ1) is 13.6. The molecule has 0 aliphatic heterocycles. The molecule has 2 fully saturated rings. The molecule has 2 aliphatic rings. The second kappa shape index (κ2) is 8.27. The van der Waals surface area contributed by atoms with Crippen LogP contribution in [0.4, 0.5) is 4.39 Å². The molecular weight excluding hydrogens is 357 g/mol. The molecule has 2 aliphatic carbocycles. The quantitative estimate of drug-likeness (QED) is 0.824. The van der Waals surface area contributed by atoms with Crippen LogP contribution in [0.2, 0.25) is 0 Å². The molecule has 0 spiro atoms. The summed E-state index contributed by atoms with van der Waals surface area (Å²) < 4.78 is 18.7. The number of aromatic nitrogens is 1. The summed E-state index contributed by atoms with van der Waals surface area (Å²) in [6.07, 6.45) is 6.99.